The van der Waals surface area contributed by atoms with Gasteiger partial charge in [0.15, 0.2) is 5.78 Å². The number of rotatable bonds is 6. The predicted molar refractivity (Wildman–Crippen MR) is 122 cm³/mol. The number of aromatic hydroxyl groups is 2. The zero-order valence-electron chi connectivity index (χ0n) is 18.8. The van der Waals surface area contributed by atoms with E-state index in [0.717, 1.165) is 11.1 Å². The van der Waals surface area contributed by atoms with E-state index in [9.17, 15) is 15.0 Å². The first-order valence-electron chi connectivity index (χ1n) is 10.4. The van der Waals surface area contributed by atoms with E-state index in [1.165, 1.54) is 19.2 Å². The smallest absolute Gasteiger partial charge is 0.177 e. The maximum Gasteiger partial charge on any atom is 0.177 e. The molecule has 1 aliphatic heterocycles. The highest BCUT2D eigenvalue weighted by atomic mass is 16.5. The van der Waals surface area contributed by atoms with E-state index in [2.05, 4.69) is 0 Å². The number of ketones is 1. The Balaban J connectivity index is 2.12. The number of fused-ring (bicyclic) bond motifs is 1. The molecule has 1 unspecified atom stereocenters. The van der Waals surface area contributed by atoms with Crippen LogP contribution in [0.2, 0.25) is 0 Å². The average molecular weight is 423 g/mol. The van der Waals surface area contributed by atoms with Crippen LogP contribution >= 0.6 is 0 Å². The lowest BCUT2D eigenvalue weighted by atomic mass is 9.85. The highest BCUT2D eigenvalue weighted by molar-refractivity contribution is 6.05. The van der Waals surface area contributed by atoms with Crippen LogP contribution in [0, 0.1) is 0 Å². The molecule has 5 heteroatoms. The second kappa shape index (κ2) is 9.29. The minimum atomic E-state index is -0.555. The summed E-state index contributed by atoms with van der Waals surface area (Å²) in [6, 6.07) is 6.48. The normalized spacial score (nSPS) is 15.0. The zero-order valence-corrected chi connectivity index (χ0v) is 18.8. The number of hydrogen-bond acceptors (Lipinski definition) is 5. The van der Waals surface area contributed by atoms with Crippen molar-refractivity contribution in [3.8, 4) is 23.0 Å². The topological polar surface area (TPSA) is 76.0 Å². The molecule has 1 aliphatic rings. The van der Waals surface area contributed by atoms with Crippen LogP contribution in [0.15, 0.2) is 47.6 Å². The molecule has 3 rings (SSSR count). The summed E-state index contributed by atoms with van der Waals surface area (Å²) in [7, 11) is 1.51. The van der Waals surface area contributed by atoms with E-state index in [4.69, 9.17) is 9.47 Å². The number of methoxy groups -OCH3 is 1. The van der Waals surface area contributed by atoms with Crippen molar-refractivity contribution < 1.29 is 24.5 Å². The van der Waals surface area contributed by atoms with Gasteiger partial charge in [-0.2, -0.15) is 0 Å². The maximum absolute atomic E-state index is 13.6. The summed E-state index contributed by atoms with van der Waals surface area (Å²) in [6.45, 7) is 8.13. The zero-order chi connectivity index (χ0) is 22.7. The molecule has 2 aromatic rings. The van der Waals surface area contributed by atoms with Gasteiger partial charge < -0.3 is 19.7 Å². The number of carbonyl (C=O) groups excluding carboxylic acids is 1. The second-order valence-electron chi connectivity index (χ2n) is 8.36. The Hall–Kier alpha value is -3.21. The van der Waals surface area contributed by atoms with Gasteiger partial charge in [-0.25, -0.2) is 0 Å². The summed E-state index contributed by atoms with van der Waals surface area (Å²) in [5.74, 6) is 0.515. The SMILES string of the molecule is COc1cc(O)ccc1C1COc2c(cc(CC=C(C)C)c(O)c2CC=C(C)C)C1=O. The number of hydrogen-bond donors (Lipinski definition) is 2. The fourth-order valence-electron chi connectivity index (χ4n) is 3.73. The van der Waals surface area contributed by atoms with Gasteiger partial charge in [0.25, 0.3) is 0 Å². The van der Waals surface area contributed by atoms with Gasteiger partial charge in [-0.15, -0.1) is 0 Å². The number of Topliss-reactive ketones (excluding diaryl/α,β-unsaturated/α-hetero) is 1. The molecule has 0 aromatic heterocycles. The van der Waals surface area contributed by atoms with Crippen LogP contribution in [0.3, 0.4) is 0 Å². The Morgan fingerprint density at radius 1 is 1.10 bits per heavy atom. The Kier molecular flexibility index (Phi) is 6.74. The third-order valence-corrected chi connectivity index (χ3v) is 5.44. The standard InChI is InChI=1S/C26H30O5/c1-15(2)6-8-17-12-21-25(29)22(19-11-9-18(27)13-23(19)30-5)14-31-26(21)20(24(17)28)10-7-16(3)4/h6-7,9,11-13,22,27-28H,8,10,14H2,1-5H3. The lowest BCUT2D eigenvalue weighted by Crippen LogP contribution is -2.27. The summed E-state index contributed by atoms with van der Waals surface area (Å²) in [6.07, 6.45) is 5.06. The first-order chi connectivity index (χ1) is 14.7. The van der Waals surface area contributed by atoms with E-state index >= 15 is 0 Å². The van der Waals surface area contributed by atoms with E-state index in [1.807, 2.05) is 39.8 Å². The molecular formula is C26H30O5. The monoisotopic (exact) mass is 422 g/mol. The molecule has 5 nitrogen and oxygen atoms in total. The molecular weight excluding hydrogens is 392 g/mol. The van der Waals surface area contributed by atoms with Gasteiger partial charge in [0, 0.05) is 17.2 Å². The van der Waals surface area contributed by atoms with Crippen molar-refractivity contribution in [2.24, 2.45) is 0 Å². The molecule has 0 radical (unpaired) electrons. The molecule has 1 heterocycles. The fourth-order valence-corrected chi connectivity index (χ4v) is 3.73. The number of phenolic OH excluding ortho intramolecular Hbond substituents is 2. The highest BCUT2D eigenvalue weighted by Gasteiger charge is 2.35. The van der Waals surface area contributed by atoms with Gasteiger partial charge in [0.05, 0.1) is 18.6 Å². The summed E-state index contributed by atoms with van der Waals surface area (Å²) in [4.78, 5) is 13.6. The molecule has 0 saturated carbocycles. The van der Waals surface area contributed by atoms with Crippen LogP contribution in [-0.4, -0.2) is 29.7 Å². The van der Waals surface area contributed by atoms with E-state index in [-0.39, 0.29) is 23.9 Å². The van der Waals surface area contributed by atoms with Crippen molar-refractivity contribution in [2.45, 2.75) is 46.5 Å². The Morgan fingerprint density at radius 3 is 2.42 bits per heavy atom. The summed E-state index contributed by atoms with van der Waals surface area (Å²) >= 11 is 0. The molecule has 0 saturated heterocycles. The lowest BCUT2D eigenvalue weighted by molar-refractivity contribution is 0.0892. The predicted octanol–water partition coefficient (Wildman–Crippen LogP) is 5.48. The Bertz CT molecular complexity index is 1050. The van der Waals surface area contributed by atoms with Crippen molar-refractivity contribution in [3.63, 3.8) is 0 Å². The summed E-state index contributed by atoms with van der Waals surface area (Å²) in [5, 5.41) is 20.7. The summed E-state index contributed by atoms with van der Waals surface area (Å²) < 4.78 is 11.5. The molecule has 31 heavy (non-hydrogen) atoms. The molecule has 0 aliphatic carbocycles. The van der Waals surface area contributed by atoms with Gasteiger partial charge in [-0.05, 0) is 58.2 Å². The summed E-state index contributed by atoms with van der Waals surface area (Å²) in [5.41, 5.74) is 4.74. The lowest BCUT2D eigenvalue weighted by Gasteiger charge is -2.28. The van der Waals surface area contributed by atoms with E-state index in [1.54, 1.807) is 12.1 Å². The molecule has 0 spiro atoms. The minimum Gasteiger partial charge on any atom is -0.508 e. The minimum absolute atomic E-state index is 0.0723. The first-order valence-corrected chi connectivity index (χ1v) is 10.4. The molecule has 2 N–H and O–H groups in total. The van der Waals surface area contributed by atoms with Gasteiger partial charge >= 0.3 is 0 Å². The molecule has 164 valence electrons. The van der Waals surface area contributed by atoms with Crippen LogP contribution in [0.4, 0.5) is 0 Å². The Morgan fingerprint density at radius 2 is 1.77 bits per heavy atom. The number of benzene rings is 2. The molecule has 1 atom stereocenters. The second-order valence-corrected chi connectivity index (χ2v) is 8.36. The largest absolute Gasteiger partial charge is 0.508 e. The van der Waals surface area contributed by atoms with E-state index < -0.39 is 5.92 Å². The number of phenols is 2. The number of ether oxygens (including phenoxy) is 2. The maximum atomic E-state index is 13.6. The van der Waals surface area contributed by atoms with Crippen molar-refractivity contribution in [1.82, 2.24) is 0 Å². The number of allylic oxidation sites excluding steroid dienone is 4. The molecule has 0 bridgehead atoms. The molecule has 0 amide bonds. The quantitative estimate of drug-likeness (QED) is 0.603. The first kappa shape index (κ1) is 22.5. The van der Waals surface area contributed by atoms with Gasteiger partial charge in [-0.3, -0.25) is 4.79 Å². The van der Waals surface area contributed by atoms with Crippen molar-refractivity contribution >= 4 is 5.78 Å². The van der Waals surface area contributed by atoms with Crippen LogP contribution in [0.5, 0.6) is 23.0 Å². The highest BCUT2D eigenvalue weighted by Crippen LogP contribution is 2.43. The molecule has 0 fully saturated rings. The van der Waals surface area contributed by atoms with Crippen molar-refractivity contribution in [2.75, 3.05) is 13.7 Å². The van der Waals surface area contributed by atoms with Crippen LogP contribution in [0.25, 0.3) is 0 Å². The van der Waals surface area contributed by atoms with Gasteiger partial charge in [0.1, 0.15) is 29.6 Å². The van der Waals surface area contributed by atoms with E-state index in [0.29, 0.717) is 46.6 Å². The third kappa shape index (κ3) is 4.76. The Labute approximate surface area is 183 Å². The fraction of sp³-hybridized carbons (Fsp3) is 0.346. The average Bonchev–Trinajstić information content (AvgIpc) is 2.72. The van der Waals surface area contributed by atoms with Crippen LogP contribution in [-0.2, 0) is 12.8 Å². The van der Waals surface area contributed by atoms with Crippen molar-refractivity contribution in [1.29, 1.82) is 0 Å². The van der Waals surface area contributed by atoms with Crippen molar-refractivity contribution in [3.05, 3.63) is 69.8 Å². The van der Waals surface area contributed by atoms with Gasteiger partial charge in [-0.1, -0.05) is 29.4 Å². The van der Waals surface area contributed by atoms with Crippen LogP contribution in [0.1, 0.15) is 60.7 Å². The molecule has 2 aromatic carbocycles. The number of carbonyl (C=O) groups is 1. The third-order valence-electron chi connectivity index (χ3n) is 5.44. The van der Waals surface area contributed by atoms with Gasteiger partial charge in [0.2, 0.25) is 0 Å². The van der Waals surface area contributed by atoms with Crippen LogP contribution < -0.4 is 9.47 Å².